The summed E-state index contributed by atoms with van der Waals surface area (Å²) in [5, 5.41) is 17.7. The zero-order valence-electron chi connectivity index (χ0n) is 14.3. The molecular weight excluding hydrogens is 334 g/mol. The van der Waals surface area contributed by atoms with Crippen LogP contribution in [0.3, 0.4) is 0 Å². The number of carbonyl (C=O) groups excluding carboxylic acids is 1. The van der Waals surface area contributed by atoms with Crippen LogP contribution in [0.5, 0.6) is 0 Å². The number of nitrogens with one attached hydrogen (secondary N) is 2. The zero-order valence-corrected chi connectivity index (χ0v) is 14.3. The molecule has 134 valence electrons. The van der Waals surface area contributed by atoms with Gasteiger partial charge in [-0.15, -0.1) is 5.10 Å². The molecule has 1 aliphatic carbocycles. The highest BCUT2D eigenvalue weighted by molar-refractivity contribution is 5.90. The summed E-state index contributed by atoms with van der Waals surface area (Å²) in [6, 6.07) is 7.08. The summed E-state index contributed by atoms with van der Waals surface area (Å²) >= 11 is 0. The molecule has 9 nitrogen and oxygen atoms in total. The number of nitrogens with zero attached hydrogens (tertiary/aromatic N) is 5. The predicted molar refractivity (Wildman–Crippen MR) is 92.7 cm³/mol. The lowest BCUT2D eigenvalue weighted by Gasteiger charge is -2.26. The smallest absolute Gasteiger partial charge is 0.320 e. The van der Waals surface area contributed by atoms with Crippen LogP contribution in [0.4, 0.5) is 10.5 Å². The van der Waals surface area contributed by atoms with Crippen molar-refractivity contribution in [1.29, 1.82) is 0 Å². The molecule has 26 heavy (non-hydrogen) atoms. The first-order chi connectivity index (χ1) is 12.6. The van der Waals surface area contributed by atoms with Crippen molar-refractivity contribution >= 4 is 11.7 Å². The Labute approximate surface area is 149 Å². The van der Waals surface area contributed by atoms with E-state index in [1.807, 2.05) is 24.3 Å². The summed E-state index contributed by atoms with van der Waals surface area (Å²) in [7, 11) is 0. The molecule has 2 heterocycles. The Morgan fingerprint density at radius 3 is 2.85 bits per heavy atom. The Balaban J connectivity index is 1.50. The van der Waals surface area contributed by atoms with E-state index in [4.69, 9.17) is 4.52 Å². The number of aromatic nitrogens is 5. The molecule has 0 spiro atoms. The molecule has 0 saturated heterocycles. The predicted octanol–water partition coefficient (Wildman–Crippen LogP) is 2.55. The van der Waals surface area contributed by atoms with E-state index >= 15 is 0 Å². The molecule has 2 N–H and O–H groups in total. The van der Waals surface area contributed by atoms with Gasteiger partial charge in [-0.2, -0.15) is 4.98 Å². The van der Waals surface area contributed by atoms with Crippen LogP contribution in [-0.4, -0.2) is 31.2 Å². The van der Waals surface area contributed by atoms with Gasteiger partial charge in [0.2, 0.25) is 5.89 Å². The molecule has 0 unspecified atom stereocenters. The fraction of sp³-hybridized carbons (Fsp3) is 0.353. The topological polar surface area (TPSA) is 111 Å². The van der Waals surface area contributed by atoms with Gasteiger partial charge in [-0.05, 0) is 31.0 Å². The maximum Gasteiger partial charge on any atom is 0.320 e. The third-order valence-electron chi connectivity index (χ3n) is 4.56. The van der Waals surface area contributed by atoms with Gasteiger partial charge in [0.25, 0.3) is 0 Å². The Kier molecular flexibility index (Phi) is 4.11. The number of amides is 2. The Bertz CT molecular complexity index is 897. The van der Waals surface area contributed by atoms with E-state index in [0.29, 0.717) is 17.4 Å². The first-order valence-electron chi connectivity index (χ1n) is 8.51. The van der Waals surface area contributed by atoms with Gasteiger partial charge in [0.1, 0.15) is 5.54 Å². The molecule has 1 aliphatic rings. The highest BCUT2D eigenvalue weighted by Crippen LogP contribution is 2.37. The molecule has 4 rings (SSSR count). The van der Waals surface area contributed by atoms with Crippen LogP contribution in [-0.2, 0) is 5.54 Å². The van der Waals surface area contributed by atoms with Gasteiger partial charge in [-0.25, -0.2) is 9.48 Å². The van der Waals surface area contributed by atoms with Crippen molar-refractivity contribution in [3.63, 3.8) is 0 Å². The highest BCUT2D eigenvalue weighted by atomic mass is 16.5. The number of hydrogen-bond donors (Lipinski definition) is 2. The normalized spacial score (nSPS) is 15.7. The Hall–Kier alpha value is -3.23. The van der Waals surface area contributed by atoms with Gasteiger partial charge in [-0.3, -0.25) is 0 Å². The first-order valence-corrected chi connectivity index (χ1v) is 8.51. The molecule has 1 fully saturated rings. The van der Waals surface area contributed by atoms with Gasteiger partial charge in [0.05, 0.1) is 18.1 Å². The minimum Gasteiger partial charge on any atom is -0.340 e. The average molecular weight is 353 g/mol. The van der Waals surface area contributed by atoms with Gasteiger partial charge in [0.15, 0.2) is 5.82 Å². The standard InChI is InChI=1S/C17H19N7O2/c1-12-19-15(22-26-12)17(7-2-3-8-17)21-16(25)20-13-5-4-6-14(11-13)24-10-9-18-23-24/h4-6,9-11H,2-3,7-8H2,1H3,(H2,20,21,25). The fourth-order valence-electron chi connectivity index (χ4n) is 3.33. The molecule has 9 heteroatoms. The summed E-state index contributed by atoms with van der Waals surface area (Å²) in [6.07, 6.45) is 6.94. The molecule has 0 radical (unpaired) electrons. The van der Waals surface area contributed by atoms with Gasteiger partial charge in [-0.1, -0.05) is 29.3 Å². The van der Waals surface area contributed by atoms with Crippen LogP contribution in [0.1, 0.15) is 37.4 Å². The number of urea groups is 1. The molecule has 2 amide bonds. The van der Waals surface area contributed by atoms with Crippen LogP contribution in [0, 0.1) is 6.92 Å². The van der Waals surface area contributed by atoms with E-state index in [1.54, 1.807) is 24.0 Å². The van der Waals surface area contributed by atoms with Crippen molar-refractivity contribution in [3.8, 4) is 5.69 Å². The number of carbonyl (C=O) groups is 1. The van der Waals surface area contributed by atoms with Gasteiger partial charge < -0.3 is 15.2 Å². The van der Waals surface area contributed by atoms with E-state index in [0.717, 1.165) is 31.4 Å². The minimum absolute atomic E-state index is 0.301. The molecule has 0 bridgehead atoms. The second-order valence-corrected chi connectivity index (χ2v) is 6.40. The number of hydrogen-bond acceptors (Lipinski definition) is 6. The quantitative estimate of drug-likeness (QED) is 0.746. The molecule has 0 aliphatic heterocycles. The van der Waals surface area contributed by atoms with Crippen LogP contribution in [0.25, 0.3) is 5.69 Å². The second kappa shape index (κ2) is 6.58. The number of anilines is 1. The Morgan fingerprint density at radius 2 is 2.15 bits per heavy atom. The largest absolute Gasteiger partial charge is 0.340 e. The number of aryl methyl sites for hydroxylation is 1. The summed E-state index contributed by atoms with van der Waals surface area (Å²) < 4.78 is 6.74. The van der Waals surface area contributed by atoms with Crippen molar-refractivity contribution in [2.45, 2.75) is 38.1 Å². The average Bonchev–Trinajstić information content (AvgIpc) is 3.36. The monoisotopic (exact) mass is 353 g/mol. The van der Waals surface area contributed by atoms with Crippen LogP contribution in [0.15, 0.2) is 41.2 Å². The maximum atomic E-state index is 12.6. The Morgan fingerprint density at radius 1 is 1.31 bits per heavy atom. The SMILES string of the molecule is Cc1nc(C2(NC(=O)Nc3cccc(-n4ccnn4)c3)CCCC2)no1. The summed E-state index contributed by atoms with van der Waals surface area (Å²) in [5.74, 6) is 1.04. The molecular formula is C17H19N7O2. The van der Waals surface area contributed by atoms with Gasteiger partial charge >= 0.3 is 6.03 Å². The van der Waals surface area contributed by atoms with E-state index < -0.39 is 5.54 Å². The minimum atomic E-state index is -0.578. The van der Waals surface area contributed by atoms with Crippen molar-refractivity contribution in [1.82, 2.24) is 30.5 Å². The third kappa shape index (κ3) is 3.15. The molecule has 2 aromatic heterocycles. The third-order valence-corrected chi connectivity index (χ3v) is 4.56. The van der Waals surface area contributed by atoms with E-state index in [-0.39, 0.29) is 6.03 Å². The fourth-order valence-corrected chi connectivity index (χ4v) is 3.33. The highest BCUT2D eigenvalue weighted by Gasteiger charge is 2.41. The molecule has 3 aromatic rings. The number of benzene rings is 1. The molecule has 1 aromatic carbocycles. The van der Waals surface area contributed by atoms with Gasteiger partial charge in [0, 0.05) is 12.6 Å². The van der Waals surface area contributed by atoms with Crippen LogP contribution in [0.2, 0.25) is 0 Å². The molecule has 1 saturated carbocycles. The van der Waals surface area contributed by atoms with Crippen molar-refractivity contribution in [3.05, 3.63) is 48.4 Å². The van der Waals surface area contributed by atoms with Crippen molar-refractivity contribution < 1.29 is 9.32 Å². The zero-order chi connectivity index (χ0) is 18.0. The molecule has 0 atom stereocenters. The summed E-state index contributed by atoms with van der Waals surface area (Å²) in [5.41, 5.74) is 0.892. The lowest BCUT2D eigenvalue weighted by atomic mass is 9.97. The van der Waals surface area contributed by atoms with E-state index in [1.165, 1.54) is 0 Å². The maximum absolute atomic E-state index is 12.6. The number of rotatable bonds is 4. The second-order valence-electron chi connectivity index (χ2n) is 6.40. The van der Waals surface area contributed by atoms with Crippen LogP contribution < -0.4 is 10.6 Å². The van der Waals surface area contributed by atoms with E-state index in [9.17, 15) is 4.79 Å². The lowest BCUT2D eigenvalue weighted by Crippen LogP contribution is -2.46. The lowest BCUT2D eigenvalue weighted by molar-refractivity contribution is 0.232. The van der Waals surface area contributed by atoms with Crippen molar-refractivity contribution in [2.75, 3.05) is 5.32 Å². The van der Waals surface area contributed by atoms with E-state index in [2.05, 4.69) is 31.1 Å². The summed E-state index contributed by atoms with van der Waals surface area (Å²) in [6.45, 7) is 1.74. The van der Waals surface area contributed by atoms with Crippen molar-refractivity contribution in [2.24, 2.45) is 0 Å². The first kappa shape index (κ1) is 16.2. The van der Waals surface area contributed by atoms with Crippen LogP contribution >= 0.6 is 0 Å². The summed E-state index contributed by atoms with van der Waals surface area (Å²) in [4.78, 5) is 16.9.